The van der Waals surface area contributed by atoms with Crippen LogP contribution in [-0.2, 0) is 6.42 Å². The van der Waals surface area contributed by atoms with Gasteiger partial charge in [-0.05, 0) is 30.9 Å². The highest BCUT2D eigenvalue weighted by Crippen LogP contribution is 2.40. The lowest BCUT2D eigenvalue weighted by Gasteiger charge is -2.27. The van der Waals surface area contributed by atoms with Crippen LogP contribution in [0.5, 0.6) is 5.75 Å². The minimum atomic E-state index is 0.349. The molecular formula is C16H21BrO. The predicted octanol–water partition coefficient (Wildman–Crippen LogP) is 4.75. The first-order valence-electron chi connectivity index (χ1n) is 6.67. The van der Waals surface area contributed by atoms with E-state index in [0.717, 1.165) is 24.1 Å². The zero-order chi connectivity index (χ0) is 12.8. The molecule has 0 aliphatic heterocycles. The second-order valence-electron chi connectivity index (χ2n) is 5.23. The summed E-state index contributed by atoms with van der Waals surface area (Å²) in [6, 6.07) is 8.28. The van der Waals surface area contributed by atoms with Gasteiger partial charge in [0, 0.05) is 10.7 Å². The molecule has 0 bridgehead atoms. The molecule has 0 aromatic heterocycles. The highest BCUT2D eigenvalue weighted by atomic mass is 79.9. The molecule has 2 rings (SSSR count). The van der Waals surface area contributed by atoms with E-state index in [0.29, 0.717) is 5.41 Å². The molecule has 0 unspecified atom stereocenters. The number of para-hydroxylation sites is 1. The van der Waals surface area contributed by atoms with Gasteiger partial charge in [-0.25, -0.2) is 0 Å². The lowest BCUT2D eigenvalue weighted by molar-refractivity contribution is 0.173. The summed E-state index contributed by atoms with van der Waals surface area (Å²) >= 11 is 3.66. The second kappa shape index (κ2) is 6.42. The highest BCUT2D eigenvalue weighted by Gasteiger charge is 2.33. The van der Waals surface area contributed by atoms with E-state index in [4.69, 9.17) is 4.74 Å². The molecule has 0 N–H and O–H groups in total. The monoisotopic (exact) mass is 308 g/mol. The van der Waals surface area contributed by atoms with Crippen LogP contribution in [0.15, 0.2) is 36.9 Å². The summed E-state index contributed by atoms with van der Waals surface area (Å²) in [5.41, 5.74) is 1.58. The van der Waals surface area contributed by atoms with E-state index < -0.39 is 0 Å². The molecule has 98 valence electrons. The van der Waals surface area contributed by atoms with E-state index in [1.54, 1.807) is 0 Å². The molecule has 1 aliphatic carbocycles. The third kappa shape index (κ3) is 3.17. The maximum atomic E-state index is 6.09. The van der Waals surface area contributed by atoms with Gasteiger partial charge in [0.05, 0.1) is 6.61 Å². The Labute approximate surface area is 118 Å². The minimum absolute atomic E-state index is 0.349. The van der Waals surface area contributed by atoms with Crippen molar-refractivity contribution >= 4 is 15.9 Å². The SMILES string of the molecule is C=CCc1ccccc1OCC1(CBr)CCCC1. The molecule has 1 saturated carbocycles. The van der Waals surface area contributed by atoms with Crippen molar-refractivity contribution in [3.8, 4) is 5.75 Å². The zero-order valence-corrected chi connectivity index (χ0v) is 12.4. The van der Waals surface area contributed by atoms with Gasteiger partial charge in [0.2, 0.25) is 0 Å². The summed E-state index contributed by atoms with van der Waals surface area (Å²) in [6.45, 7) is 4.63. The number of rotatable bonds is 6. The first kappa shape index (κ1) is 13.7. The predicted molar refractivity (Wildman–Crippen MR) is 80.5 cm³/mol. The fourth-order valence-electron chi connectivity index (χ4n) is 2.64. The molecule has 0 radical (unpaired) electrons. The van der Waals surface area contributed by atoms with Crippen LogP contribution in [0.3, 0.4) is 0 Å². The maximum absolute atomic E-state index is 6.09. The standard InChI is InChI=1S/C16H21BrO/c1-2-7-14-8-3-4-9-15(14)18-13-16(12-17)10-5-6-11-16/h2-4,8-9H,1,5-7,10-13H2. The molecule has 1 aromatic carbocycles. The number of hydrogen-bond acceptors (Lipinski definition) is 1. The van der Waals surface area contributed by atoms with Crippen molar-refractivity contribution in [3.05, 3.63) is 42.5 Å². The average molecular weight is 309 g/mol. The van der Waals surface area contributed by atoms with Crippen LogP contribution in [0.2, 0.25) is 0 Å². The molecule has 18 heavy (non-hydrogen) atoms. The minimum Gasteiger partial charge on any atom is -0.493 e. The number of ether oxygens (including phenoxy) is 1. The van der Waals surface area contributed by atoms with Gasteiger partial charge in [-0.15, -0.1) is 6.58 Å². The fourth-order valence-corrected chi connectivity index (χ4v) is 3.36. The van der Waals surface area contributed by atoms with Gasteiger partial charge >= 0.3 is 0 Å². The van der Waals surface area contributed by atoms with Gasteiger partial charge in [-0.1, -0.05) is 53.0 Å². The Bertz CT molecular complexity index is 394. The van der Waals surface area contributed by atoms with Gasteiger partial charge in [-0.3, -0.25) is 0 Å². The summed E-state index contributed by atoms with van der Waals surface area (Å²) in [6.07, 6.45) is 8.03. The Kier molecular flexibility index (Phi) is 4.87. The average Bonchev–Trinajstić information content (AvgIpc) is 2.88. The van der Waals surface area contributed by atoms with E-state index in [2.05, 4.69) is 40.7 Å². The summed E-state index contributed by atoms with van der Waals surface area (Å²) < 4.78 is 6.09. The van der Waals surface area contributed by atoms with Crippen LogP contribution in [0.1, 0.15) is 31.2 Å². The molecule has 2 heteroatoms. The lowest BCUT2D eigenvalue weighted by atomic mass is 9.90. The Morgan fingerprint density at radius 3 is 2.67 bits per heavy atom. The Balaban J connectivity index is 2.03. The van der Waals surface area contributed by atoms with E-state index in [-0.39, 0.29) is 0 Å². The smallest absolute Gasteiger partial charge is 0.122 e. The normalized spacial score (nSPS) is 17.6. The molecule has 1 aromatic rings. The molecule has 0 amide bonds. The van der Waals surface area contributed by atoms with Gasteiger partial charge in [0.25, 0.3) is 0 Å². The quantitative estimate of drug-likeness (QED) is 0.544. The first-order valence-corrected chi connectivity index (χ1v) is 7.79. The number of hydrogen-bond donors (Lipinski definition) is 0. The van der Waals surface area contributed by atoms with Crippen LogP contribution < -0.4 is 4.74 Å². The van der Waals surface area contributed by atoms with Crippen molar-refractivity contribution in [3.63, 3.8) is 0 Å². The molecule has 1 aliphatic rings. The Hall–Kier alpha value is -0.760. The summed E-state index contributed by atoms with van der Waals surface area (Å²) in [5, 5.41) is 1.05. The Morgan fingerprint density at radius 1 is 1.28 bits per heavy atom. The van der Waals surface area contributed by atoms with Crippen molar-refractivity contribution < 1.29 is 4.74 Å². The summed E-state index contributed by atoms with van der Waals surface area (Å²) in [5.74, 6) is 1.02. The van der Waals surface area contributed by atoms with Crippen LogP contribution in [-0.4, -0.2) is 11.9 Å². The second-order valence-corrected chi connectivity index (χ2v) is 5.79. The van der Waals surface area contributed by atoms with Crippen molar-refractivity contribution in [2.24, 2.45) is 5.41 Å². The van der Waals surface area contributed by atoms with Crippen LogP contribution in [0.4, 0.5) is 0 Å². The first-order chi connectivity index (χ1) is 8.79. The number of allylic oxidation sites excluding steroid dienone is 1. The van der Waals surface area contributed by atoms with Crippen LogP contribution >= 0.6 is 15.9 Å². The molecular weight excluding hydrogens is 288 g/mol. The molecule has 1 fully saturated rings. The molecule has 0 atom stereocenters. The topological polar surface area (TPSA) is 9.23 Å². The number of halogens is 1. The van der Waals surface area contributed by atoms with Crippen molar-refractivity contribution in [1.29, 1.82) is 0 Å². The van der Waals surface area contributed by atoms with Crippen LogP contribution in [0, 0.1) is 5.41 Å². The molecule has 0 spiro atoms. The van der Waals surface area contributed by atoms with E-state index in [9.17, 15) is 0 Å². The number of benzene rings is 1. The number of alkyl halides is 1. The third-order valence-electron chi connectivity index (χ3n) is 3.82. The van der Waals surface area contributed by atoms with E-state index in [1.807, 2.05) is 12.1 Å². The molecule has 0 heterocycles. The maximum Gasteiger partial charge on any atom is 0.122 e. The molecule has 0 saturated heterocycles. The summed E-state index contributed by atoms with van der Waals surface area (Å²) in [7, 11) is 0. The Morgan fingerprint density at radius 2 is 2.00 bits per heavy atom. The van der Waals surface area contributed by atoms with Gasteiger partial charge in [-0.2, -0.15) is 0 Å². The van der Waals surface area contributed by atoms with Crippen LogP contribution in [0.25, 0.3) is 0 Å². The van der Waals surface area contributed by atoms with Crippen molar-refractivity contribution in [1.82, 2.24) is 0 Å². The third-order valence-corrected chi connectivity index (χ3v) is 5.01. The lowest BCUT2D eigenvalue weighted by Crippen LogP contribution is -2.27. The van der Waals surface area contributed by atoms with Gasteiger partial charge < -0.3 is 4.74 Å². The zero-order valence-electron chi connectivity index (χ0n) is 10.8. The highest BCUT2D eigenvalue weighted by molar-refractivity contribution is 9.09. The van der Waals surface area contributed by atoms with E-state index >= 15 is 0 Å². The largest absolute Gasteiger partial charge is 0.493 e. The van der Waals surface area contributed by atoms with E-state index in [1.165, 1.54) is 31.2 Å². The van der Waals surface area contributed by atoms with Crippen molar-refractivity contribution in [2.75, 3.05) is 11.9 Å². The van der Waals surface area contributed by atoms with Gasteiger partial charge in [0.15, 0.2) is 0 Å². The van der Waals surface area contributed by atoms with Crippen molar-refractivity contribution in [2.45, 2.75) is 32.1 Å². The fraction of sp³-hybridized carbons (Fsp3) is 0.500. The summed E-state index contributed by atoms with van der Waals surface area (Å²) in [4.78, 5) is 0. The van der Waals surface area contributed by atoms with Gasteiger partial charge in [0.1, 0.15) is 5.75 Å². The molecule has 1 nitrogen and oxygen atoms in total.